The first-order chi connectivity index (χ1) is 20.4. The molecule has 212 valence electrons. The van der Waals surface area contributed by atoms with Crippen LogP contribution in [0.3, 0.4) is 0 Å². The van der Waals surface area contributed by atoms with Gasteiger partial charge in [0.25, 0.3) is 0 Å². The highest BCUT2D eigenvalue weighted by molar-refractivity contribution is 6.31. The van der Waals surface area contributed by atoms with Gasteiger partial charge in [-0.2, -0.15) is 5.26 Å². The number of benzene rings is 4. The van der Waals surface area contributed by atoms with Crippen molar-refractivity contribution in [2.75, 3.05) is 14.2 Å². The topological polar surface area (TPSA) is 113 Å². The van der Waals surface area contributed by atoms with Crippen LogP contribution in [0.5, 0.6) is 28.7 Å². The van der Waals surface area contributed by atoms with Crippen LogP contribution in [0, 0.1) is 11.3 Å². The third kappa shape index (κ3) is 6.12. The number of carbonyl (C=O) groups excluding carboxylic acids is 1. The SMILES string of the molecule is COc1ccc(CC(=O)Oc2ccc3c(c2)OC(N)=C(C#N)C3c2ccc(OCc3ccccc3Cl)c(OC)c2)cc1. The molecule has 0 amide bonds. The average molecular weight is 583 g/mol. The van der Waals surface area contributed by atoms with Gasteiger partial charge in [0.15, 0.2) is 11.5 Å². The Bertz CT molecular complexity index is 1690. The molecule has 1 aliphatic heterocycles. The molecule has 4 aromatic rings. The summed E-state index contributed by atoms with van der Waals surface area (Å²) in [5, 5.41) is 10.6. The van der Waals surface area contributed by atoms with Gasteiger partial charge < -0.3 is 29.4 Å². The number of rotatable bonds is 9. The number of methoxy groups -OCH3 is 2. The van der Waals surface area contributed by atoms with Gasteiger partial charge in [-0.3, -0.25) is 4.79 Å². The van der Waals surface area contributed by atoms with Gasteiger partial charge in [-0.1, -0.05) is 54.1 Å². The second-order valence-corrected chi connectivity index (χ2v) is 9.82. The van der Waals surface area contributed by atoms with Crippen molar-refractivity contribution in [3.05, 3.63) is 124 Å². The molecule has 0 saturated carbocycles. The summed E-state index contributed by atoms with van der Waals surface area (Å²) >= 11 is 6.27. The highest BCUT2D eigenvalue weighted by Gasteiger charge is 2.32. The third-order valence-corrected chi connectivity index (χ3v) is 7.16. The number of nitrogens with two attached hydrogens (primary N) is 1. The zero-order chi connectivity index (χ0) is 29.6. The Hall–Kier alpha value is -5.13. The zero-order valence-corrected chi connectivity index (χ0v) is 23.7. The molecule has 0 fully saturated rings. The Kier molecular flexibility index (Phi) is 8.51. The second-order valence-electron chi connectivity index (χ2n) is 9.41. The number of hydrogen-bond donors (Lipinski definition) is 1. The van der Waals surface area contributed by atoms with E-state index in [4.69, 9.17) is 41.0 Å². The van der Waals surface area contributed by atoms with Gasteiger partial charge in [-0.25, -0.2) is 0 Å². The molecule has 0 saturated heterocycles. The van der Waals surface area contributed by atoms with Crippen molar-refractivity contribution in [2.45, 2.75) is 18.9 Å². The summed E-state index contributed by atoms with van der Waals surface area (Å²) < 4.78 is 28.1. The lowest BCUT2D eigenvalue weighted by Gasteiger charge is -2.27. The fraction of sp³-hybridized carbons (Fsp3) is 0.152. The van der Waals surface area contributed by atoms with Crippen LogP contribution in [0.15, 0.2) is 96.4 Å². The second kappa shape index (κ2) is 12.6. The van der Waals surface area contributed by atoms with Crippen molar-refractivity contribution >= 4 is 17.6 Å². The normalized spacial score (nSPS) is 13.8. The van der Waals surface area contributed by atoms with Gasteiger partial charge in [0.05, 0.1) is 26.6 Å². The number of allylic oxidation sites excluding steroid dienone is 1. The van der Waals surface area contributed by atoms with Crippen LogP contribution in [0.2, 0.25) is 5.02 Å². The van der Waals surface area contributed by atoms with Gasteiger partial charge in [0.1, 0.15) is 35.5 Å². The maximum absolute atomic E-state index is 12.6. The first-order valence-electron chi connectivity index (χ1n) is 13.0. The fourth-order valence-electron chi connectivity index (χ4n) is 4.67. The van der Waals surface area contributed by atoms with Crippen molar-refractivity contribution in [3.8, 4) is 34.8 Å². The number of nitrogens with zero attached hydrogens (tertiary/aromatic N) is 1. The number of hydrogen-bond acceptors (Lipinski definition) is 8. The molecule has 0 radical (unpaired) electrons. The van der Waals surface area contributed by atoms with Crippen molar-refractivity contribution < 1.29 is 28.5 Å². The molecule has 0 bridgehead atoms. The van der Waals surface area contributed by atoms with E-state index in [1.807, 2.05) is 24.3 Å². The van der Waals surface area contributed by atoms with Crippen LogP contribution < -0.4 is 29.4 Å². The summed E-state index contributed by atoms with van der Waals surface area (Å²) in [5.74, 6) is 1.35. The Morgan fingerprint density at radius 3 is 2.43 bits per heavy atom. The number of halogens is 1. The van der Waals surface area contributed by atoms with Crippen LogP contribution in [0.1, 0.15) is 28.2 Å². The summed E-state index contributed by atoms with van der Waals surface area (Å²) in [5.41, 5.74) is 9.48. The molecule has 2 N–H and O–H groups in total. The van der Waals surface area contributed by atoms with E-state index in [0.717, 1.165) is 16.7 Å². The van der Waals surface area contributed by atoms with E-state index < -0.39 is 11.9 Å². The highest BCUT2D eigenvalue weighted by atomic mass is 35.5. The predicted octanol–water partition coefficient (Wildman–Crippen LogP) is 6.30. The third-order valence-electron chi connectivity index (χ3n) is 6.79. The first-order valence-corrected chi connectivity index (χ1v) is 13.4. The van der Waals surface area contributed by atoms with Gasteiger partial charge >= 0.3 is 5.97 Å². The largest absolute Gasteiger partial charge is 0.497 e. The number of carbonyl (C=O) groups is 1. The summed E-state index contributed by atoms with van der Waals surface area (Å²) in [7, 11) is 3.12. The molecule has 42 heavy (non-hydrogen) atoms. The maximum Gasteiger partial charge on any atom is 0.315 e. The smallest absolute Gasteiger partial charge is 0.315 e. The lowest BCUT2D eigenvalue weighted by molar-refractivity contribution is -0.133. The maximum atomic E-state index is 12.6. The number of esters is 1. The average Bonchev–Trinajstić information content (AvgIpc) is 3.00. The van der Waals surface area contributed by atoms with E-state index in [9.17, 15) is 10.1 Å². The lowest BCUT2D eigenvalue weighted by atomic mass is 9.83. The number of nitriles is 1. The molecular formula is C33H27ClN2O6. The molecule has 1 unspecified atom stereocenters. The molecule has 1 aliphatic rings. The molecule has 0 aromatic heterocycles. The number of ether oxygens (including phenoxy) is 5. The van der Waals surface area contributed by atoms with Gasteiger partial charge in [-0.15, -0.1) is 0 Å². The Morgan fingerprint density at radius 1 is 0.952 bits per heavy atom. The minimum Gasteiger partial charge on any atom is -0.497 e. The quantitative estimate of drug-likeness (QED) is 0.181. The van der Waals surface area contributed by atoms with E-state index in [1.165, 1.54) is 0 Å². The van der Waals surface area contributed by atoms with Crippen LogP contribution in [-0.4, -0.2) is 20.2 Å². The number of fused-ring (bicyclic) bond motifs is 1. The van der Waals surface area contributed by atoms with E-state index in [1.54, 1.807) is 74.9 Å². The summed E-state index contributed by atoms with van der Waals surface area (Å²) in [6.45, 7) is 0.256. The van der Waals surface area contributed by atoms with Crippen molar-refractivity contribution in [2.24, 2.45) is 5.73 Å². The monoisotopic (exact) mass is 582 g/mol. The molecule has 4 aromatic carbocycles. The highest BCUT2D eigenvalue weighted by Crippen LogP contribution is 2.45. The van der Waals surface area contributed by atoms with Crippen molar-refractivity contribution in [1.82, 2.24) is 0 Å². The van der Waals surface area contributed by atoms with Gasteiger partial charge in [-0.05, 0) is 47.5 Å². The van der Waals surface area contributed by atoms with Crippen LogP contribution in [0.4, 0.5) is 0 Å². The molecule has 1 atom stereocenters. The predicted molar refractivity (Wildman–Crippen MR) is 157 cm³/mol. The zero-order valence-electron chi connectivity index (χ0n) is 22.9. The van der Waals surface area contributed by atoms with Crippen LogP contribution >= 0.6 is 11.6 Å². The molecule has 9 heteroatoms. The van der Waals surface area contributed by atoms with E-state index in [-0.39, 0.29) is 24.5 Å². The van der Waals surface area contributed by atoms with Gasteiger partial charge in [0, 0.05) is 22.2 Å². The van der Waals surface area contributed by atoms with Crippen LogP contribution in [-0.2, 0) is 17.8 Å². The Labute approximate surface area is 248 Å². The van der Waals surface area contributed by atoms with E-state index >= 15 is 0 Å². The van der Waals surface area contributed by atoms with Crippen molar-refractivity contribution in [3.63, 3.8) is 0 Å². The molecular weight excluding hydrogens is 556 g/mol. The Morgan fingerprint density at radius 2 is 1.71 bits per heavy atom. The standard InChI is InChI=1S/C33H27ClN2O6/c1-38-23-10-7-20(8-11-23)15-31(37)41-24-12-13-25-29(17-24)42-33(36)26(18-35)32(25)21-9-14-28(30(16-21)39-2)40-19-22-5-3-4-6-27(22)34/h3-14,16-17,32H,15,19,36H2,1-2H3. The lowest BCUT2D eigenvalue weighted by Crippen LogP contribution is -2.21. The summed E-state index contributed by atoms with van der Waals surface area (Å²) in [4.78, 5) is 12.6. The minimum absolute atomic E-state index is 0.0327. The van der Waals surface area contributed by atoms with E-state index in [0.29, 0.717) is 39.3 Å². The fourth-order valence-corrected chi connectivity index (χ4v) is 4.86. The Balaban J connectivity index is 1.38. The van der Waals surface area contributed by atoms with Crippen LogP contribution in [0.25, 0.3) is 0 Å². The van der Waals surface area contributed by atoms with Gasteiger partial charge in [0.2, 0.25) is 5.88 Å². The minimum atomic E-state index is -0.547. The van der Waals surface area contributed by atoms with E-state index in [2.05, 4.69) is 6.07 Å². The molecule has 1 heterocycles. The summed E-state index contributed by atoms with van der Waals surface area (Å²) in [6.07, 6.45) is 0.0792. The molecule has 0 aliphatic carbocycles. The first kappa shape index (κ1) is 28.4. The molecule has 0 spiro atoms. The molecule has 5 rings (SSSR count). The van der Waals surface area contributed by atoms with Crippen molar-refractivity contribution in [1.29, 1.82) is 5.26 Å². The molecule has 8 nitrogen and oxygen atoms in total. The summed E-state index contributed by atoms with van der Waals surface area (Å²) in [6, 6.07) is 27.2.